The Hall–Kier alpha value is -1.58. The van der Waals surface area contributed by atoms with Crippen molar-refractivity contribution in [2.75, 3.05) is 18.0 Å². The maximum Gasteiger partial charge on any atom is 0.337 e. The molecule has 1 saturated heterocycles. The van der Waals surface area contributed by atoms with Gasteiger partial charge in [-0.3, -0.25) is 0 Å². The molecule has 20 heavy (non-hydrogen) atoms. The molecule has 1 N–H and O–H groups in total. The zero-order chi connectivity index (χ0) is 14.8. The van der Waals surface area contributed by atoms with Crippen LogP contribution in [0.5, 0.6) is 0 Å². The second kappa shape index (κ2) is 5.81. The molecule has 1 aromatic rings. The highest BCUT2D eigenvalue weighted by atomic mass is 19.1. The SMILES string of the molecule is CCC1(CC)CCN(c2c(F)cccc2C(=O)O)CC1. The number of piperidine rings is 1. The van der Waals surface area contributed by atoms with Crippen LogP contribution >= 0.6 is 0 Å². The van der Waals surface area contributed by atoms with Crippen LogP contribution in [0.15, 0.2) is 18.2 Å². The summed E-state index contributed by atoms with van der Waals surface area (Å²) in [6.07, 6.45) is 4.24. The van der Waals surface area contributed by atoms with Gasteiger partial charge in [0, 0.05) is 13.1 Å². The Morgan fingerprint density at radius 2 is 1.90 bits per heavy atom. The Morgan fingerprint density at radius 3 is 2.40 bits per heavy atom. The van der Waals surface area contributed by atoms with E-state index in [4.69, 9.17) is 0 Å². The molecule has 1 fully saturated rings. The number of carboxylic acids is 1. The number of carboxylic acid groups (broad SMARTS) is 1. The van der Waals surface area contributed by atoms with E-state index < -0.39 is 11.8 Å². The number of halogens is 1. The lowest BCUT2D eigenvalue weighted by atomic mass is 9.74. The smallest absolute Gasteiger partial charge is 0.337 e. The lowest BCUT2D eigenvalue weighted by molar-refractivity contribution is 0.0696. The van der Waals surface area contributed by atoms with Crippen LogP contribution < -0.4 is 4.90 Å². The summed E-state index contributed by atoms with van der Waals surface area (Å²) < 4.78 is 14.0. The van der Waals surface area contributed by atoms with E-state index in [0.29, 0.717) is 5.41 Å². The summed E-state index contributed by atoms with van der Waals surface area (Å²) in [6.45, 7) is 5.85. The molecule has 0 radical (unpaired) electrons. The molecule has 4 heteroatoms. The molecular weight excluding hydrogens is 257 g/mol. The molecule has 0 amide bonds. The van der Waals surface area contributed by atoms with Gasteiger partial charge in [0.1, 0.15) is 5.82 Å². The number of hydrogen-bond donors (Lipinski definition) is 1. The molecule has 0 spiro atoms. The first-order valence-corrected chi connectivity index (χ1v) is 7.30. The molecule has 3 nitrogen and oxygen atoms in total. The van der Waals surface area contributed by atoms with E-state index in [1.165, 1.54) is 18.2 Å². The van der Waals surface area contributed by atoms with Crippen molar-refractivity contribution in [1.82, 2.24) is 0 Å². The number of anilines is 1. The van der Waals surface area contributed by atoms with Gasteiger partial charge < -0.3 is 10.0 Å². The van der Waals surface area contributed by atoms with Gasteiger partial charge in [-0.05, 0) is 30.4 Å². The molecule has 0 aromatic heterocycles. The first-order valence-electron chi connectivity index (χ1n) is 7.30. The van der Waals surface area contributed by atoms with Crippen LogP contribution in [0.4, 0.5) is 10.1 Å². The number of rotatable bonds is 4. The van der Waals surface area contributed by atoms with E-state index in [2.05, 4.69) is 13.8 Å². The molecular formula is C16H22FNO2. The summed E-state index contributed by atoms with van der Waals surface area (Å²) in [7, 11) is 0. The molecule has 0 aliphatic carbocycles. The Bertz CT molecular complexity index is 487. The first kappa shape index (κ1) is 14.8. The normalized spacial score (nSPS) is 18.1. The molecule has 1 aliphatic heterocycles. The van der Waals surface area contributed by atoms with Crippen molar-refractivity contribution < 1.29 is 14.3 Å². The van der Waals surface area contributed by atoms with E-state index in [0.717, 1.165) is 38.8 Å². The van der Waals surface area contributed by atoms with Crippen molar-refractivity contribution in [3.8, 4) is 0 Å². The summed E-state index contributed by atoms with van der Waals surface area (Å²) in [6, 6.07) is 4.26. The van der Waals surface area contributed by atoms with Crippen molar-refractivity contribution in [3.05, 3.63) is 29.6 Å². The second-order valence-electron chi connectivity index (χ2n) is 5.64. The van der Waals surface area contributed by atoms with Crippen molar-refractivity contribution in [3.63, 3.8) is 0 Å². The minimum absolute atomic E-state index is 0.0606. The number of carbonyl (C=O) groups is 1. The summed E-state index contributed by atoms with van der Waals surface area (Å²) in [5.74, 6) is -1.51. The zero-order valence-electron chi connectivity index (χ0n) is 12.2. The van der Waals surface area contributed by atoms with Crippen LogP contribution in [0.25, 0.3) is 0 Å². The standard InChI is InChI=1S/C16H22FNO2/c1-3-16(4-2)8-10-18(11-9-16)14-12(15(19)20)6-5-7-13(14)17/h5-7H,3-4,8-11H2,1-2H3,(H,19,20). The van der Waals surface area contributed by atoms with Gasteiger partial charge in [-0.25, -0.2) is 9.18 Å². The highest BCUT2D eigenvalue weighted by Gasteiger charge is 2.33. The van der Waals surface area contributed by atoms with E-state index in [1.807, 2.05) is 4.90 Å². The Kier molecular flexibility index (Phi) is 4.31. The van der Waals surface area contributed by atoms with E-state index in [9.17, 15) is 14.3 Å². The van der Waals surface area contributed by atoms with Gasteiger partial charge in [0.15, 0.2) is 0 Å². The Labute approximate surface area is 119 Å². The number of nitrogens with zero attached hydrogens (tertiary/aromatic N) is 1. The third-order valence-corrected chi connectivity index (χ3v) is 4.86. The van der Waals surface area contributed by atoms with Crippen LogP contribution in [0.2, 0.25) is 0 Å². The van der Waals surface area contributed by atoms with Gasteiger partial charge >= 0.3 is 5.97 Å². The molecule has 2 rings (SSSR count). The minimum atomic E-state index is -1.07. The van der Waals surface area contributed by atoms with Crippen molar-refractivity contribution in [1.29, 1.82) is 0 Å². The van der Waals surface area contributed by atoms with Gasteiger partial charge in [0.05, 0.1) is 11.3 Å². The van der Waals surface area contributed by atoms with Gasteiger partial charge in [0.2, 0.25) is 0 Å². The fourth-order valence-corrected chi connectivity index (χ4v) is 3.17. The molecule has 0 saturated carbocycles. The molecule has 0 atom stereocenters. The highest BCUT2D eigenvalue weighted by Crippen LogP contribution is 2.40. The monoisotopic (exact) mass is 279 g/mol. The quantitative estimate of drug-likeness (QED) is 0.907. The van der Waals surface area contributed by atoms with Crippen LogP contribution in [0, 0.1) is 11.2 Å². The molecule has 110 valence electrons. The molecule has 1 heterocycles. The Balaban J connectivity index is 2.25. The van der Waals surface area contributed by atoms with Crippen LogP contribution in [-0.4, -0.2) is 24.2 Å². The maximum atomic E-state index is 14.0. The van der Waals surface area contributed by atoms with Gasteiger partial charge in [-0.1, -0.05) is 32.8 Å². The predicted octanol–water partition coefficient (Wildman–Crippen LogP) is 3.93. The number of benzene rings is 1. The number of hydrogen-bond acceptors (Lipinski definition) is 2. The third-order valence-electron chi connectivity index (χ3n) is 4.86. The van der Waals surface area contributed by atoms with Crippen LogP contribution in [0.3, 0.4) is 0 Å². The van der Waals surface area contributed by atoms with Gasteiger partial charge in [-0.15, -0.1) is 0 Å². The van der Waals surface area contributed by atoms with Crippen molar-refractivity contribution in [2.24, 2.45) is 5.41 Å². The molecule has 0 bridgehead atoms. The average Bonchev–Trinajstić information content (AvgIpc) is 2.47. The second-order valence-corrected chi connectivity index (χ2v) is 5.64. The fourth-order valence-electron chi connectivity index (χ4n) is 3.17. The van der Waals surface area contributed by atoms with Crippen LogP contribution in [-0.2, 0) is 0 Å². The van der Waals surface area contributed by atoms with Crippen molar-refractivity contribution in [2.45, 2.75) is 39.5 Å². The Morgan fingerprint density at radius 1 is 1.30 bits per heavy atom. The van der Waals surface area contributed by atoms with E-state index >= 15 is 0 Å². The summed E-state index contributed by atoms with van der Waals surface area (Å²) >= 11 is 0. The molecule has 0 unspecified atom stereocenters. The van der Waals surface area contributed by atoms with Crippen molar-refractivity contribution >= 4 is 11.7 Å². The highest BCUT2D eigenvalue weighted by molar-refractivity contribution is 5.94. The predicted molar refractivity (Wildman–Crippen MR) is 77.8 cm³/mol. The first-order chi connectivity index (χ1) is 9.53. The lowest BCUT2D eigenvalue weighted by Gasteiger charge is -2.42. The summed E-state index contributed by atoms with van der Waals surface area (Å²) in [5.41, 5.74) is 0.650. The topological polar surface area (TPSA) is 40.5 Å². The summed E-state index contributed by atoms with van der Waals surface area (Å²) in [4.78, 5) is 13.2. The number of aromatic carboxylic acids is 1. The van der Waals surface area contributed by atoms with E-state index in [1.54, 1.807) is 0 Å². The van der Waals surface area contributed by atoms with E-state index in [-0.39, 0.29) is 11.3 Å². The van der Waals surface area contributed by atoms with Gasteiger partial charge in [0.25, 0.3) is 0 Å². The molecule has 1 aliphatic rings. The maximum absolute atomic E-state index is 14.0. The number of para-hydroxylation sites is 1. The summed E-state index contributed by atoms with van der Waals surface area (Å²) in [5, 5.41) is 9.22. The molecule has 1 aromatic carbocycles. The third kappa shape index (κ3) is 2.65. The average molecular weight is 279 g/mol. The lowest BCUT2D eigenvalue weighted by Crippen LogP contribution is -2.40. The van der Waals surface area contributed by atoms with Crippen LogP contribution in [0.1, 0.15) is 49.9 Å². The fraction of sp³-hybridized carbons (Fsp3) is 0.562. The largest absolute Gasteiger partial charge is 0.478 e. The zero-order valence-corrected chi connectivity index (χ0v) is 12.2. The van der Waals surface area contributed by atoms with Gasteiger partial charge in [-0.2, -0.15) is 0 Å². The minimum Gasteiger partial charge on any atom is -0.478 e.